The van der Waals surface area contributed by atoms with E-state index in [0.717, 1.165) is 5.56 Å². The number of aromatic nitrogens is 2. The zero-order valence-corrected chi connectivity index (χ0v) is 19.4. The second-order valence-electron chi connectivity index (χ2n) is 8.63. The van der Waals surface area contributed by atoms with E-state index in [1.54, 1.807) is 29.3 Å². The average Bonchev–Trinajstić information content (AvgIpc) is 3.10. The van der Waals surface area contributed by atoms with E-state index >= 15 is 0 Å². The van der Waals surface area contributed by atoms with Gasteiger partial charge in [0.15, 0.2) is 5.58 Å². The fourth-order valence-electron chi connectivity index (χ4n) is 3.57. The van der Waals surface area contributed by atoms with Gasteiger partial charge in [-0.25, -0.2) is 4.79 Å². The molecular weight excluding hydrogens is 439 g/mol. The maximum atomic E-state index is 12.4. The van der Waals surface area contributed by atoms with Crippen LogP contribution in [0.15, 0.2) is 34.9 Å². The first-order valence-electron chi connectivity index (χ1n) is 10.1. The van der Waals surface area contributed by atoms with Gasteiger partial charge in [0.1, 0.15) is 11.1 Å². The molecular formula is C22H24Cl2N4O3. The molecule has 3 heterocycles. The average molecular weight is 463 g/mol. The minimum Gasteiger partial charge on any atom is -0.444 e. The molecule has 0 spiro atoms. The van der Waals surface area contributed by atoms with Gasteiger partial charge >= 0.3 is 6.09 Å². The molecule has 1 fully saturated rings. The van der Waals surface area contributed by atoms with Crippen molar-refractivity contribution >= 4 is 46.4 Å². The lowest BCUT2D eigenvalue weighted by Gasteiger charge is -2.39. The highest BCUT2D eigenvalue weighted by atomic mass is 35.5. The Morgan fingerprint density at radius 2 is 1.97 bits per heavy atom. The van der Waals surface area contributed by atoms with Crippen LogP contribution in [0.3, 0.4) is 0 Å². The van der Waals surface area contributed by atoms with E-state index in [2.05, 4.69) is 9.97 Å². The predicted octanol–water partition coefficient (Wildman–Crippen LogP) is 5.64. The first-order chi connectivity index (χ1) is 14.6. The number of nitrogens with zero attached hydrogens (tertiary/aromatic N) is 4. The van der Waals surface area contributed by atoms with Gasteiger partial charge < -0.3 is 19.0 Å². The topological polar surface area (TPSA) is 71.7 Å². The number of oxazole rings is 1. The van der Waals surface area contributed by atoms with Crippen molar-refractivity contribution in [1.82, 2.24) is 14.9 Å². The van der Waals surface area contributed by atoms with Crippen LogP contribution in [0.4, 0.5) is 10.8 Å². The molecule has 1 aromatic carbocycles. The van der Waals surface area contributed by atoms with Gasteiger partial charge in [0.05, 0.1) is 10.7 Å². The number of halogens is 2. The number of fused-ring (bicyclic) bond motifs is 1. The zero-order valence-electron chi connectivity index (χ0n) is 17.9. The third-order valence-electron chi connectivity index (χ3n) is 4.97. The summed E-state index contributed by atoms with van der Waals surface area (Å²) in [5.74, 6) is 0. The molecule has 0 saturated carbocycles. The Balaban J connectivity index is 1.60. The Kier molecular flexibility index (Phi) is 5.75. The molecule has 9 heteroatoms. The maximum absolute atomic E-state index is 12.4. The summed E-state index contributed by atoms with van der Waals surface area (Å²) in [5, 5.41) is 1.10. The monoisotopic (exact) mass is 462 g/mol. The number of pyridine rings is 1. The second kappa shape index (κ2) is 8.20. The fourth-order valence-corrected chi connectivity index (χ4v) is 3.89. The van der Waals surface area contributed by atoms with Gasteiger partial charge in [0, 0.05) is 42.5 Å². The summed E-state index contributed by atoms with van der Waals surface area (Å²) in [5.41, 5.74) is 2.18. The number of amides is 1. The third-order valence-corrected chi connectivity index (χ3v) is 5.41. The van der Waals surface area contributed by atoms with Crippen molar-refractivity contribution in [3.63, 3.8) is 0 Å². The van der Waals surface area contributed by atoms with Crippen molar-refractivity contribution in [2.24, 2.45) is 0 Å². The molecule has 31 heavy (non-hydrogen) atoms. The number of hydrogen-bond acceptors (Lipinski definition) is 6. The van der Waals surface area contributed by atoms with Gasteiger partial charge in [-0.05, 0) is 52.0 Å². The van der Waals surface area contributed by atoms with Crippen LogP contribution in [-0.2, 0) is 4.74 Å². The lowest BCUT2D eigenvalue weighted by molar-refractivity contribution is 0.0216. The minimum atomic E-state index is -0.525. The molecule has 7 nitrogen and oxygen atoms in total. The molecule has 164 valence electrons. The molecule has 1 aliphatic heterocycles. The third kappa shape index (κ3) is 4.72. The number of hydrogen-bond donors (Lipinski definition) is 0. The Morgan fingerprint density at radius 1 is 1.19 bits per heavy atom. The molecule has 1 aliphatic rings. The van der Waals surface area contributed by atoms with Crippen molar-refractivity contribution in [2.75, 3.05) is 24.5 Å². The van der Waals surface area contributed by atoms with Crippen LogP contribution in [0.25, 0.3) is 22.4 Å². The van der Waals surface area contributed by atoms with Crippen LogP contribution in [0, 0.1) is 0 Å². The number of carbonyl (C=O) groups is 1. The summed E-state index contributed by atoms with van der Waals surface area (Å²) in [4.78, 5) is 25.2. The van der Waals surface area contributed by atoms with Gasteiger partial charge in [-0.1, -0.05) is 23.2 Å². The number of anilines is 1. The Labute approximate surface area is 190 Å². The molecule has 0 aliphatic carbocycles. The number of carbonyl (C=O) groups excluding carboxylic acids is 1. The van der Waals surface area contributed by atoms with Crippen molar-refractivity contribution in [3.8, 4) is 11.3 Å². The summed E-state index contributed by atoms with van der Waals surface area (Å²) in [6, 6.07) is 7.65. The van der Waals surface area contributed by atoms with Crippen molar-refractivity contribution in [1.29, 1.82) is 0 Å². The molecule has 2 aromatic heterocycles. The van der Waals surface area contributed by atoms with E-state index < -0.39 is 5.60 Å². The summed E-state index contributed by atoms with van der Waals surface area (Å²) in [7, 11) is 0. The smallest absolute Gasteiger partial charge is 0.410 e. The van der Waals surface area contributed by atoms with E-state index in [1.165, 1.54) is 0 Å². The molecule has 3 aromatic rings. The quantitative estimate of drug-likeness (QED) is 0.490. The zero-order chi connectivity index (χ0) is 22.3. The Bertz CT molecular complexity index is 1110. The Morgan fingerprint density at radius 3 is 2.61 bits per heavy atom. The minimum absolute atomic E-state index is 0.00177. The first-order valence-corrected chi connectivity index (χ1v) is 10.8. The van der Waals surface area contributed by atoms with Gasteiger partial charge in [-0.15, -0.1) is 0 Å². The van der Waals surface area contributed by atoms with Crippen LogP contribution in [0.5, 0.6) is 0 Å². The summed E-state index contributed by atoms with van der Waals surface area (Å²) < 4.78 is 11.7. The van der Waals surface area contributed by atoms with Gasteiger partial charge in [0.25, 0.3) is 6.01 Å². The molecule has 0 bridgehead atoms. The van der Waals surface area contributed by atoms with Gasteiger partial charge in [-0.2, -0.15) is 4.98 Å². The van der Waals surface area contributed by atoms with Crippen LogP contribution < -0.4 is 4.90 Å². The molecule has 1 saturated heterocycles. The molecule has 0 unspecified atom stereocenters. The van der Waals surface area contributed by atoms with Crippen molar-refractivity contribution in [3.05, 3.63) is 40.5 Å². The predicted molar refractivity (Wildman–Crippen MR) is 122 cm³/mol. The molecule has 0 radical (unpaired) electrons. The molecule has 1 amide bonds. The highest BCUT2D eigenvalue weighted by molar-refractivity contribution is 6.32. The SMILES string of the molecule is C[C@H]1CN(C(=O)OC(C)(C)C)CCN1c1nc2cc(Cl)cc(-c3ccc(Cl)cn3)c2o1. The van der Waals surface area contributed by atoms with Crippen LogP contribution in [0.2, 0.25) is 10.0 Å². The molecule has 4 rings (SSSR count). The van der Waals surface area contributed by atoms with Crippen LogP contribution in [-0.4, -0.2) is 52.2 Å². The standard InChI is InChI=1S/C22H24Cl2N4O3/c1-13-12-27(21(29)31-22(2,3)4)7-8-28(13)20-26-18-10-15(24)9-16(19(18)30-20)17-6-5-14(23)11-25-17/h5-6,9-11,13H,7-8,12H2,1-4H3/t13-/m0/s1. The van der Waals surface area contributed by atoms with Gasteiger partial charge in [-0.3, -0.25) is 4.98 Å². The summed E-state index contributed by atoms with van der Waals surface area (Å²) >= 11 is 12.3. The number of benzene rings is 1. The first kappa shape index (κ1) is 21.7. The van der Waals surface area contributed by atoms with Crippen LogP contribution >= 0.6 is 23.2 Å². The van der Waals surface area contributed by atoms with E-state index in [9.17, 15) is 4.79 Å². The highest BCUT2D eigenvalue weighted by Gasteiger charge is 2.32. The normalized spacial score (nSPS) is 17.3. The Hall–Kier alpha value is -2.51. The molecule has 0 N–H and O–H groups in total. The highest BCUT2D eigenvalue weighted by Crippen LogP contribution is 2.35. The van der Waals surface area contributed by atoms with E-state index in [4.69, 9.17) is 32.4 Å². The lowest BCUT2D eigenvalue weighted by atomic mass is 10.1. The largest absolute Gasteiger partial charge is 0.444 e. The second-order valence-corrected chi connectivity index (χ2v) is 9.50. The van der Waals surface area contributed by atoms with E-state index in [1.807, 2.05) is 38.7 Å². The molecule has 1 atom stereocenters. The van der Waals surface area contributed by atoms with E-state index in [0.29, 0.717) is 52.5 Å². The number of piperazine rings is 1. The number of rotatable bonds is 2. The van der Waals surface area contributed by atoms with Crippen molar-refractivity contribution in [2.45, 2.75) is 39.3 Å². The number of ether oxygens (including phenoxy) is 1. The summed E-state index contributed by atoms with van der Waals surface area (Å²) in [6.45, 7) is 9.23. The van der Waals surface area contributed by atoms with Crippen LogP contribution in [0.1, 0.15) is 27.7 Å². The summed E-state index contributed by atoms with van der Waals surface area (Å²) in [6.07, 6.45) is 1.28. The van der Waals surface area contributed by atoms with Gasteiger partial charge in [0.2, 0.25) is 0 Å². The van der Waals surface area contributed by atoms with E-state index in [-0.39, 0.29) is 12.1 Å². The lowest BCUT2D eigenvalue weighted by Crippen LogP contribution is -2.54. The van der Waals surface area contributed by atoms with Crippen molar-refractivity contribution < 1.29 is 13.9 Å². The maximum Gasteiger partial charge on any atom is 0.410 e. The fraction of sp³-hybridized carbons (Fsp3) is 0.409.